The van der Waals surface area contributed by atoms with Gasteiger partial charge in [0.25, 0.3) is 0 Å². The van der Waals surface area contributed by atoms with E-state index in [9.17, 15) is 4.79 Å². The second-order valence-electron chi connectivity index (χ2n) is 4.25. The summed E-state index contributed by atoms with van der Waals surface area (Å²) in [5, 5.41) is 0. The number of ether oxygens (including phenoxy) is 3. The Balaban J connectivity index is 3.01. The smallest absolute Gasteiger partial charge is 0.309 e. The lowest BCUT2D eigenvalue weighted by Gasteiger charge is -2.17. The summed E-state index contributed by atoms with van der Waals surface area (Å²) in [6, 6.07) is 3.64. The highest BCUT2D eigenvalue weighted by Gasteiger charge is 2.14. The number of carbonyl (C=O) groups excluding carboxylic acids is 1. The molecule has 1 aromatic carbocycles. The van der Waals surface area contributed by atoms with Crippen molar-refractivity contribution in [2.24, 2.45) is 0 Å². The summed E-state index contributed by atoms with van der Waals surface area (Å²) in [7, 11) is 2.95. The third kappa shape index (κ3) is 3.88. The fourth-order valence-corrected chi connectivity index (χ4v) is 1.77. The van der Waals surface area contributed by atoms with E-state index in [1.807, 2.05) is 19.1 Å². The van der Waals surface area contributed by atoms with Gasteiger partial charge >= 0.3 is 5.97 Å². The Bertz CT molecular complexity index is 505. The van der Waals surface area contributed by atoms with Crippen LogP contribution in [0.25, 0.3) is 12.2 Å². The molecule has 0 saturated carbocycles. The fraction of sp³-hybridized carbons (Fsp3) is 0.312. The van der Waals surface area contributed by atoms with E-state index in [-0.39, 0.29) is 18.5 Å². The summed E-state index contributed by atoms with van der Waals surface area (Å²) >= 11 is 0. The maximum atomic E-state index is 11.2. The molecule has 4 heteroatoms. The molecule has 108 valence electrons. The highest BCUT2D eigenvalue weighted by molar-refractivity contribution is 5.70. The van der Waals surface area contributed by atoms with Crippen LogP contribution >= 0.6 is 0 Å². The number of esters is 1. The molecular weight excluding hydrogens is 256 g/mol. The Hall–Kier alpha value is -2.23. The van der Waals surface area contributed by atoms with Crippen molar-refractivity contribution in [1.82, 2.24) is 0 Å². The van der Waals surface area contributed by atoms with Gasteiger partial charge in [0.2, 0.25) is 0 Å². The van der Waals surface area contributed by atoms with Crippen molar-refractivity contribution < 1.29 is 19.0 Å². The quantitative estimate of drug-likeness (QED) is 0.717. The predicted molar refractivity (Wildman–Crippen MR) is 79.9 cm³/mol. The van der Waals surface area contributed by atoms with Crippen molar-refractivity contribution >= 4 is 18.1 Å². The molecule has 0 fully saturated rings. The van der Waals surface area contributed by atoms with Crippen LogP contribution in [0.3, 0.4) is 0 Å². The molecule has 0 aromatic heterocycles. The first kappa shape index (κ1) is 15.8. The van der Waals surface area contributed by atoms with E-state index in [2.05, 4.69) is 17.9 Å². The van der Waals surface area contributed by atoms with E-state index in [1.165, 1.54) is 7.11 Å². The van der Waals surface area contributed by atoms with Crippen LogP contribution in [-0.4, -0.2) is 26.3 Å². The van der Waals surface area contributed by atoms with E-state index >= 15 is 0 Å². The van der Waals surface area contributed by atoms with E-state index in [4.69, 9.17) is 9.47 Å². The SMILES string of the molecule is C=Cc1cc(OC(C)CC(=O)OC)c(C=C)cc1OC. The second kappa shape index (κ2) is 7.38. The number of rotatable bonds is 7. The van der Waals surface area contributed by atoms with Gasteiger partial charge in [0.1, 0.15) is 17.6 Å². The first-order chi connectivity index (χ1) is 9.55. The van der Waals surface area contributed by atoms with Crippen LogP contribution in [0.15, 0.2) is 25.3 Å². The molecule has 0 aliphatic heterocycles. The lowest BCUT2D eigenvalue weighted by Crippen LogP contribution is -2.18. The summed E-state index contributed by atoms with van der Waals surface area (Å²) in [6.45, 7) is 9.30. The van der Waals surface area contributed by atoms with E-state index in [1.54, 1.807) is 19.3 Å². The summed E-state index contributed by atoms with van der Waals surface area (Å²) in [4.78, 5) is 11.2. The summed E-state index contributed by atoms with van der Waals surface area (Å²) in [5.41, 5.74) is 1.61. The van der Waals surface area contributed by atoms with Crippen molar-refractivity contribution in [3.05, 3.63) is 36.4 Å². The zero-order valence-corrected chi connectivity index (χ0v) is 12.1. The van der Waals surface area contributed by atoms with Gasteiger partial charge in [0.05, 0.1) is 20.6 Å². The second-order valence-corrected chi connectivity index (χ2v) is 4.25. The van der Waals surface area contributed by atoms with Crippen LogP contribution in [0.4, 0.5) is 0 Å². The third-order valence-electron chi connectivity index (χ3n) is 2.81. The number of hydrogen-bond donors (Lipinski definition) is 0. The van der Waals surface area contributed by atoms with Gasteiger partial charge in [-0.3, -0.25) is 4.79 Å². The molecule has 0 saturated heterocycles. The van der Waals surface area contributed by atoms with Crippen molar-refractivity contribution in [3.8, 4) is 11.5 Å². The van der Waals surface area contributed by atoms with Gasteiger partial charge in [0, 0.05) is 11.1 Å². The number of carbonyl (C=O) groups is 1. The van der Waals surface area contributed by atoms with Gasteiger partial charge < -0.3 is 14.2 Å². The molecule has 1 atom stereocenters. The lowest BCUT2D eigenvalue weighted by atomic mass is 10.1. The van der Waals surface area contributed by atoms with Gasteiger partial charge in [-0.2, -0.15) is 0 Å². The maximum Gasteiger partial charge on any atom is 0.309 e. The largest absolute Gasteiger partial charge is 0.496 e. The number of methoxy groups -OCH3 is 2. The third-order valence-corrected chi connectivity index (χ3v) is 2.81. The number of benzene rings is 1. The monoisotopic (exact) mass is 276 g/mol. The van der Waals surface area contributed by atoms with Gasteiger partial charge in [-0.15, -0.1) is 0 Å². The molecule has 1 rings (SSSR count). The lowest BCUT2D eigenvalue weighted by molar-refractivity contribution is -0.142. The van der Waals surface area contributed by atoms with Gasteiger partial charge in [-0.05, 0) is 19.1 Å². The van der Waals surface area contributed by atoms with Crippen LogP contribution in [0.2, 0.25) is 0 Å². The van der Waals surface area contributed by atoms with E-state index < -0.39 is 0 Å². The molecular formula is C16H20O4. The molecule has 0 spiro atoms. The van der Waals surface area contributed by atoms with Crippen LogP contribution in [0, 0.1) is 0 Å². The van der Waals surface area contributed by atoms with Crippen molar-refractivity contribution in [2.45, 2.75) is 19.4 Å². The molecule has 0 amide bonds. The average Bonchev–Trinajstić information content (AvgIpc) is 2.46. The minimum absolute atomic E-state index is 0.183. The van der Waals surface area contributed by atoms with Gasteiger partial charge in [-0.1, -0.05) is 25.3 Å². The molecule has 4 nitrogen and oxygen atoms in total. The fourth-order valence-electron chi connectivity index (χ4n) is 1.77. The van der Waals surface area contributed by atoms with Crippen LogP contribution in [0.5, 0.6) is 11.5 Å². The first-order valence-corrected chi connectivity index (χ1v) is 6.26. The molecule has 0 heterocycles. The normalized spacial score (nSPS) is 11.3. The zero-order chi connectivity index (χ0) is 15.1. The van der Waals surface area contributed by atoms with Crippen LogP contribution in [-0.2, 0) is 9.53 Å². The summed E-state index contributed by atoms with van der Waals surface area (Å²) < 4.78 is 15.7. The topological polar surface area (TPSA) is 44.8 Å². The zero-order valence-electron chi connectivity index (χ0n) is 12.1. The molecule has 20 heavy (non-hydrogen) atoms. The van der Waals surface area contributed by atoms with Crippen LogP contribution < -0.4 is 9.47 Å². The first-order valence-electron chi connectivity index (χ1n) is 6.26. The van der Waals surface area contributed by atoms with Gasteiger partial charge in [-0.25, -0.2) is 0 Å². The summed E-state index contributed by atoms with van der Waals surface area (Å²) in [5.74, 6) is 1.02. The Morgan fingerprint density at radius 3 is 2.25 bits per heavy atom. The highest BCUT2D eigenvalue weighted by atomic mass is 16.5. The highest BCUT2D eigenvalue weighted by Crippen LogP contribution is 2.31. The summed E-state index contributed by atoms with van der Waals surface area (Å²) in [6.07, 6.45) is 3.24. The molecule has 0 aliphatic carbocycles. The number of hydrogen-bond acceptors (Lipinski definition) is 4. The molecule has 1 unspecified atom stereocenters. The predicted octanol–water partition coefficient (Wildman–Crippen LogP) is 3.31. The molecule has 0 bridgehead atoms. The Morgan fingerprint density at radius 2 is 1.75 bits per heavy atom. The molecule has 0 N–H and O–H groups in total. The Morgan fingerprint density at radius 1 is 1.20 bits per heavy atom. The Kier molecular flexibility index (Phi) is 5.84. The Labute approximate surface area is 119 Å². The minimum Gasteiger partial charge on any atom is -0.496 e. The standard InChI is InChI=1S/C16H20O4/c1-6-12-10-15(13(7-2)9-14(12)18-4)20-11(3)8-16(17)19-5/h6-7,9-11H,1-2,8H2,3-5H3. The van der Waals surface area contributed by atoms with Crippen molar-refractivity contribution in [3.63, 3.8) is 0 Å². The van der Waals surface area contributed by atoms with E-state index in [0.29, 0.717) is 11.5 Å². The molecule has 0 aliphatic rings. The average molecular weight is 276 g/mol. The van der Waals surface area contributed by atoms with Crippen molar-refractivity contribution in [2.75, 3.05) is 14.2 Å². The van der Waals surface area contributed by atoms with Gasteiger partial charge in [0.15, 0.2) is 0 Å². The van der Waals surface area contributed by atoms with Crippen molar-refractivity contribution in [1.29, 1.82) is 0 Å². The molecule has 0 radical (unpaired) electrons. The maximum absolute atomic E-state index is 11.2. The van der Waals surface area contributed by atoms with Crippen LogP contribution in [0.1, 0.15) is 24.5 Å². The minimum atomic E-state index is -0.310. The molecule has 1 aromatic rings. The van der Waals surface area contributed by atoms with E-state index in [0.717, 1.165) is 11.1 Å².